The van der Waals surface area contributed by atoms with Gasteiger partial charge in [0.2, 0.25) is 0 Å². The normalized spacial score (nSPS) is 10.8. The molecule has 0 atom stereocenters. The van der Waals surface area contributed by atoms with E-state index in [0.717, 1.165) is 28.4 Å². The Morgan fingerprint density at radius 1 is 0.897 bits per heavy atom. The molecule has 0 saturated carbocycles. The molecule has 1 heterocycles. The van der Waals surface area contributed by atoms with E-state index in [4.69, 9.17) is 4.74 Å². The molecule has 0 amide bonds. The Hall–Kier alpha value is -3.31. The summed E-state index contributed by atoms with van der Waals surface area (Å²) in [5, 5.41) is 9.40. The molecule has 1 N–H and O–H groups in total. The number of benzene rings is 3. The van der Waals surface area contributed by atoms with Crippen LogP contribution in [0.4, 0.5) is 0 Å². The summed E-state index contributed by atoms with van der Waals surface area (Å²) in [4.78, 5) is 12.1. The van der Waals surface area contributed by atoms with Crippen molar-refractivity contribution >= 4 is 11.5 Å². The summed E-state index contributed by atoms with van der Waals surface area (Å²) in [7, 11) is 0. The van der Waals surface area contributed by atoms with Crippen molar-refractivity contribution in [1.29, 1.82) is 0 Å². The van der Waals surface area contributed by atoms with Crippen LogP contribution in [0.1, 0.15) is 16.7 Å². The zero-order chi connectivity index (χ0) is 20.4. The van der Waals surface area contributed by atoms with Crippen molar-refractivity contribution in [3.8, 4) is 27.3 Å². The molecule has 4 aromatic rings. The van der Waals surface area contributed by atoms with Crippen LogP contribution in [0, 0.1) is 13.8 Å². The summed E-state index contributed by atoms with van der Waals surface area (Å²) in [5.41, 5.74) is 6.53. The highest BCUT2D eigenvalue weighted by Crippen LogP contribution is 2.28. The Morgan fingerprint density at radius 2 is 1.59 bits per heavy atom. The summed E-state index contributed by atoms with van der Waals surface area (Å²) in [6.07, 6.45) is 0. The number of aromatic nitrogens is 1. The molecule has 1 aromatic heterocycles. The molecule has 0 fully saturated rings. The van der Waals surface area contributed by atoms with Crippen LogP contribution in [-0.2, 0) is 6.61 Å². The number of ether oxygens (including phenoxy) is 1. The van der Waals surface area contributed by atoms with Gasteiger partial charge in [0.05, 0.1) is 4.88 Å². The van der Waals surface area contributed by atoms with Crippen molar-refractivity contribution in [2.75, 3.05) is 0 Å². The Labute approximate surface area is 173 Å². The van der Waals surface area contributed by atoms with Gasteiger partial charge in [0.25, 0.3) is 5.56 Å². The largest absolute Gasteiger partial charge is 0.489 e. The minimum Gasteiger partial charge on any atom is -0.489 e. The van der Waals surface area contributed by atoms with Crippen molar-refractivity contribution in [2.45, 2.75) is 20.5 Å². The van der Waals surface area contributed by atoms with E-state index in [1.165, 1.54) is 28.3 Å². The summed E-state index contributed by atoms with van der Waals surface area (Å²) in [6, 6.07) is 23.7. The third-order valence-electron chi connectivity index (χ3n) is 4.87. The molecule has 0 spiro atoms. The fourth-order valence-electron chi connectivity index (χ4n) is 3.44. The fraction of sp³-hybridized carbons (Fsp3) is 0.125. The molecular weight excluding hydrogens is 382 g/mol. The average Bonchev–Trinajstić information content (AvgIpc) is 3.05. The van der Waals surface area contributed by atoms with E-state index in [0.29, 0.717) is 15.6 Å². The van der Waals surface area contributed by atoms with E-state index in [1.54, 1.807) is 0 Å². The average molecular weight is 404 g/mol. The molecule has 0 saturated heterocycles. The number of nitrogens with zero attached hydrogens (tertiary/aromatic N) is 1. The first kappa shape index (κ1) is 19.0. The van der Waals surface area contributed by atoms with Gasteiger partial charge in [-0.05, 0) is 89.1 Å². The topological polar surface area (TPSA) is 51.5 Å². The van der Waals surface area contributed by atoms with E-state index in [-0.39, 0.29) is 0 Å². The SMILES string of the molecule is Cc1cccc(C)c1-c1cccc(COc2ccc(-c3cc(=O)n(O)s3)cc2)c1. The van der Waals surface area contributed by atoms with E-state index >= 15 is 0 Å². The molecule has 4 rings (SSSR count). The van der Waals surface area contributed by atoms with Crippen LogP contribution in [0.5, 0.6) is 5.75 Å². The first-order valence-corrected chi connectivity index (χ1v) is 10.1. The van der Waals surface area contributed by atoms with Gasteiger partial charge in [-0.15, -0.1) is 0 Å². The van der Waals surface area contributed by atoms with Crippen LogP contribution < -0.4 is 10.3 Å². The summed E-state index contributed by atoms with van der Waals surface area (Å²) >= 11 is 1.00. The smallest absolute Gasteiger partial charge is 0.295 e. The van der Waals surface area contributed by atoms with Gasteiger partial charge < -0.3 is 9.94 Å². The van der Waals surface area contributed by atoms with Crippen molar-refractivity contribution in [3.05, 3.63) is 99.8 Å². The molecule has 4 nitrogen and oxygen atoms in total. The summed E-state index contributed by atoms with van der Waals surface area (Å²) in [6.45, 7) is 4.74. The van der Waals surface area contributed by atoms with E-state index in [9.17, 15) is 10.0 Å². The van der Waals surface area contributed by atoms with Gasteiger partial charge >= 0.3 is 0 Å². The molecular formula is C24H21NO3S. The molecule has 0 bridgehead atoms. The van der Waals surface area contributed by atoms with Crippen molar-refractivity contribution < 1.29 is 9.94 Å². The number of hydrogen-bond donors (Lipinski definition) is 1. The highest BCUT2D eigenvalue weighted by atomic mass is 32.1. The maximum absolute atomic E-state index is 11.4. The third kappa shape index (κ3) is 4.10. The van der Waals surface area contributed by atoms with Crippen LogP contribution in [0.3, 0.4) is 0 Å². The molecule has 29 heavy (non-hydrogen) atoms. The quantitative estimate of drug-likeness (QED) is 0.436. The maximum atomic E-state index is 11.4. The van der Waals surface area contributed by atoms with Gasteiger partial charge in [0.15, 0.2) is 0 Å². The Bertz CT molecular complexity index is 1190. The first-order chi connectivity index (χ1) is 14.0. The van der Waals surface area contributed by atoms with Crippen LogP contribution in [0.2, 0.25) is 0 Å². The third-order valence-corrected chi connectivity index (χ3v) is 5.77. The molecule has 5 heteroatoms. The highest BCUT2D eigenvalue weighted by Gasteiger charge is 2.08. The number of rotatable bonds is 5. The standard InChI is InChI=1S/C24H21NO3S/c1-16-5-3-6-17(2)24(16)20-8-4-7-18(13-20)15-28-21-11-9-19(10-12-21)22-14-23(26)25(27)29-22/h3-14,27H,15H2,1-2H3. The summed E-state index contributed by atoms with van der Waals surface area (Å²) in [5.74, 6) is 0.752. The lowest BCUT2D eigenvalue weighted by atomic mass is 9.95. The summed E-state index contributed by atoms with van der Waals surface area (Å²) < 4.78 is 6.58. The lowest BCUT2D eigenvalue weighted by molar-refractivity contribution is 0.210. The van der Waals surface area contributed by atoms with Gasteiger partial charge in [0.1, 0.15) is 12.4 Å². The molecule has 0 unspecified atom stereocenters. The molecule has 0 aliphatic rings. The van der Waals surface area contributed by atoms with Gasteiger partial charge in [-0.1, -0.05) is 40.5 Å². The molecule has 0 aliphatic carbocycles. The minimum absolute atomic E-state index is 0.422. The molecule has 146 valence electrons. The van der Waals surface area contributed by atoms with E-state index in [1.807, 2.05) is 24.3 Å². The van der Waals surface area contributed by atoms with Crippen LogP contribution >= 0.6 is 11.5 Å². The number of aryl methyl sites for hydroxylation is 2. The van der Waals surface area contributed by atoms with Crippen molar-refractivity contribution in [3.63, 3.8) is 0 Å². The Balaban J connectivity index is 1.49. The number of hydrogen-bond acceptors (Lipinski definition) is 4. The van der Waals surface area contributed by atoms with Crippen molar-refractivity contribution in [2.24, 2.45) is 0 Å². The second kappa shape index (κ2) is 7.97. The Kier molecular flexibility index (Phi) is 5.23. The van der Waals surface area contributed by atoms with Crippen LogP contribution in [0.25, 0.3) is 21.6 Å². The molecule has 0 radical (unpaired) electrons. The van der Waals surface area contributed by atoms with Gasteiger partial charge in [0, 0.05) is 6.07 Å². The molecule has 3 aromatic carbocycles. The minimum atomic E-state index is -0.422. The monoisotopic (exact) mass is 403 g/mol. The second-order valence-electron chi connectivity index (χ2n) is 6.99. The zero-order valence-electron chi connectivity index (χ0n) is 16.3. The zero-order valence-corrected chi connectivity index (χ0v) is 17.1. The van der Waals surface area contributed by atoms with Gasteiger partial charge in [-0.3, -0.25) is 4.79 Å². The molecule has 0 aliphatic heterocycles. The lowest BCUT2D eigenvalue weighted by Crippen LogP contribution is -2.06. The fourth-order valence-corrected chi connectivity index (χ4v) is 4.16. The second-order valence-corrected chi connectivity index (χ2v) is 7.96. The maximum Gasteiger partial charge on any atom is 0.295 e. The van der Waals surface area contributed by atoms with Gasteiger partial charge in [-0.2, -0.15) is 0 Å². The van der Waals surface area contributed by atoms with E-state index in [2.05, 4.69) is 56.3 Å². The predicted molar refractivity (Wildman–Crippen MR) is 117 cm³/mol. The van der Waals surface area contributed by atoms with Crippen molar-refractivity contribution in [1.82, 2.24) is 4.12 Å². The first-order valence-electron chi connectivity index (χ1n) is 9.32. The van der Waals surface area contributed by atoms with Crippen LogP contribution in [-0.4, -0.2) is 9.33 Å². The lowest BCUT2D eigenvalue weighted by Gasteiger charge is -2.12. The van der Waals surface area contributed by atoms with Gasteiger partial charge in [-0.25, -0.2) is 0 Å². The van der Waals surface area contributed by atoms with Crippen LogP contribution in [0.15, 0.2) is 77.6 Å². The Morgan fingerprint density at radius 3 is 2.24 bits per heavy atom. The highest BCUT2D eigenvalue weighted by molar-refractivity contribution is 7.09. The predicted octanol–water partition coefficient (Wildman–Crippen LogP) is 5.68. The van der Waals surface area contributed by atoms with E-state index < -0.39 is 5.56 Å².